The first-order valence-electron chi connectivity index (χ1n) is 6.60. The molecule has 1 aromatic heterocycles. The fourth-order valence-corrected chi connectivity index (χ4v) is 2.09. The van der Waals surface area contributed by atoms with Gasteiger partial charge in [-0.25, -0.2) is 9.37 Å². The zero-order chi connectivity index (χ0) is 16.7. The van der Waals surface area contributed by atoms with E-state index < -0.39 is 17.6 Å². The van der Waals surface area contributed by atoms with E-state index in [0.717, 1.165) is 5.01 Å². The van der Waals surface area contributed by atoms with Crippen molar-refractivity contribution in [3.8, 4) is 5.75 Å². The second kappa shape index (κ2) is 8.04. The Kier molecular flexibility index (Phi) is 5.81. The predicted molar refractivity (Wildman–Crippen MR) is 84.1 cm³/mol. The Morgan fingerprint density at radius 3 is 2.70 bits per heavy atom. The smallest absolute Gasteiger partial charge is 0.276 e. The Bertz CT molecular complexity index is 713. The molecule has 0 saturated carbocycles. The molecule has 120 valence electrons. The molecule has 0 bridgehead atoms. The molecule has 6 nitrogen and oxygen atoms in total. The third-order valence-electron chi connectivity index (χ3n) is 2.55. The molecule has 0 fully saturated rings. The summed E-state index contributed by atoms with van der Waals surface area (Å²) in [6.45, 7) is 1.56. The number of aromatic nitrogens is 1. The summed E-state index contributed by atoms with van der Waals surface area (Å²) in [5, 5.41) is 2.71. The van der Waals surface area contributed by atoms with Crippen LogP contribution in [-0.2, 0) is 9.59 Å². The Hall–Kier alpha value is -2.74. The first-order chi connectivity index (χ1) is 11.0. The Morgan fingerprint density at radius 1 is 1.30 bits per heavy atom. The number of carbonyl (C=O) groups excluding carboxylic acids is 2. The van der Waals surface area contributed by atoms with Gasteiger partial charge in [0.2, 0.25) is 0 Å². The van der Waals surface area contributed by atoms with Crippen LogP contribution in [0.2, 0.25) is 0 Å². The summed E-state index contributed by atoms with van der Waals surface area (Å²) in [7, 11) is 0. The number of hydrazine groups is 1. The zero-order valence-corrected chi connectivity index (χ0v) is 13.0. The van der Waals surface area contributed by atoms with E-state index in [0.29, 0.717) is 11.4 Å². The highest BCUT2D eigenvalue weighted by Gasteiger charge is 2.04. The molecular formula is C15H14FN3O3S. The van der Waals surface area contributed by atoms with Crippen molar-refractivity contribution in [1.82, 2.24) is 15.8 Å². The molecule has 1 heterocycles. The van der Waals surface area contributed by atoms with Gasteiger partial charge in [0.25, 0.3) is 11.8 Å². The summed E-state index contributed by atoms with van der Waals surface area (Å²) in [6, 6.07) is 5.25. The molecule has 23 heavy (non-hydrogen) atoms. The van der Waals surface area contributed by atoms with Crippen LogP contribution in [0.4, 0.5) is 4.39 Å². The van der Waals surface area contributed by atoms with Crippen molar-refractivity contribution in [3.05, 3.63) is 52.2 Å². The number of nitrogens with zero attached hydrogens (tertiary/aromatic N) is 1. The molecule has 1 aromatic carbocycles. The van der Waals surface area contributed by atoms with Gasteiger partial charge in [-0.1, -0.05) is 0 Å². The van der Waals surface area contributed by atoms with Gasteiger partial charge >= 0.3 is 0 Å². The molecule has 2 amide bonds. The van der Waals surface area contributed by atoms with Gasteiger partial charge in [0, 0.05) is 11.5 Å². The number of carbonyl (C=O) groups is 2. The molecule has 0 radical (unpaired) electrons. The molecule has 8 heteroatoms. The minimum absolute atomic E-state index is 0.305. The third kappa shape index (κ3) is 5.87. The van der Waals surface area contributed by atoms with E-state index in [9.17, 15) is 14.0 Å². The number of hydrogen-bond donors (Lipinski definition) is 2. The quantitative estimate of drug-likeness (QED) is 0.645. The lowest BCUT2D eigenvalue weighted by Gasteiger charge is -2.07. The third-order valence-corrected chi connectivity index (χ3v) is 3.34. The van der Waals surface area contributed by atoms with Gasteiger partial charge in [-0.3, -0.25) is 20.4 Å². The molecule has 2 rings (SSSR count). The Balaban J connectivity index is 1.70. The Labute approximate surface area is 136 Å². The van der Waals surface area contributed by atoms with Crippen LogP contribution >= 0.6 is 11.3 Å². The maximum Gasteiger partial charge on any atom is 0.276 e. The second-order valence-corrected chi connectivity index (χ2v) is 5.47. The zero-order valence-electron chi connectivity index (χ0n) is 12.2. The second-order valence-electron chi connectivity index (χ2n) is 4.40. The molecule has 0 unspecified atom stereocenters. The molecule has 0 aliphatic heterocycles. The summed E-state index contributed by atoms with van der Waals surface area (Å²) >= 11 is 1.48. The van der Waals surface area contributed by atoms with Crippen molar-refractivity contribution in [2.24, 2.45) is 0 Å². The molecule has 0 atom stereocenters. The van der Waals surface area contributed by atoms with Crippen LogP contribution in [0.1, 0.15) is 10.7 Å². The maximum atomic E-state index is 12.7. The summed E-state index contributed by atoms with van der Waals surface area (Å²) in [5.74, 6) is -1.07. The van der Waals surface area contributed by atoms with Crippen molar-refractivity contribution in [1.29, 1.82) is 0 Å². The van der Waals surface area contributed by atoms with Gasteiger partial charge in [-0.05, 0) is 37.3 Å². The summed E-state index contributed by atoms with van der Waals surface area (Å²) in [5.41, 5.74) is 5.09. The van der Waals surface area contributed by atoms with Crippen LogP contribution in [0.3, 0.4) is 0 Å². The van der Waals surface area contributed by atoms with E-state index in [-0.39, 0.29) is 6.61 Å². The van der Waals surface area contributed by atoms with E-state index in [1.807, 2.05) is 12.3 Å². The lowest BCUT2D eigenvalue weighted by Crippen LogP contribution is -2.43. The number of ether oxygens (including phenoxy) is 1. The van der Waals surface area contributed by atoms with Gasteiger partial charge < -0.3 is 4.74 Å². The van der Waals surface area contributed by atoms with Crippen molar-refractivity contribution < 1.29 is 18.7 Å². The number of nitrogens with one attached hydrogen (secondary N) is 2. The topological polar surface area (TPSA) is 80.3 Å². The molecule has 0 saturated heterocycles. The molecule has 2 N–H and O–H groups in total. The summed E-state index contributed by atoms with van der Waals surface area (Å²) in [6.07, 6.45) is 2.80. The average Bonchev–Trinajstić information content (AvgIpc) is 2.96. The molecule has 0 aliphatic carbocycles. The van der Waals surface area contributed by atoms with Gasteiger partial charge in [0.1, 0.15) is 11.6 Å². The fraction of sp³-hybridized carbons (Fsp3) is 0.133. The van der Waals surface area contributed by atoms with Crippen LogP contribution in [0.15, 0.2) is 35.7 Å². The van der Waals surface area contributed by atoms with Crippen molar-refractivity contribution in [2.75, 3.05) is 6.61 Å². The van der Waals surface area contributed by atoms with Gasteiger partial charge in [-0.2, -0.15) is 0 Å². The number of thiazole rings is 1. The molecular weight excluding hydrogens is 321 g/mol. The SMILES string of the molecule is Cc1nc(/C=C/C(=O)NNC(=O)COc2ccc(F)cc2)cs1. The molecule has 2 aromatic rings. The number of amides is 2. The van der Waals surface area contributed by atoms with E-state index in [4.69, 9.17) is 4.74 Å². The molecule has 0 aliphatic rings. The highest BCUT2D eigenvalue weighted by atomic mass is 32.1. The lowest BCUT2D eigenvalue weighted by atomic mass is 10.3. The Morgan fingerprint density at radius 2 is 2.04 bits per heavy atom. The van der Waals surface area contributed by atoms with Gasteiger partial charge in [-0.15, -0.1) is 11.3 Å². The minimum Gasteiger partial charge on any atom is -0.484 e. The van der Waals surface area contributed by atoms with E-state index in [1.165, 1.54) is 41.7 Å². The maximum absolute atomic E-state index is 12.7. The average molecular weight is 335 g/mol. The number of halogens is 1. The fourth-order valence-electron chi connectivity index (χ4n) is 1.51. The number of aryl methyl sites for hydroxylation is 1. The standard InChI is InChI=1S/C15H14FN3O3S/c1-10-17-12(9-23-10)4-7-14(20)18-19-15(21)8-22-13-5-2-11(16)3-6-13/h2-7,9H,8H2,1H3,(H,18,20)(H,19,21)/b7-4+. The number of benzene rings is 1. The predicted octanol–water partition coefficient (Wildman–Crippen LogP) is 1.83. The van der Waals surface area contributed by atoms with Crippen LogP contribution in [-0.4, -0.2) is 23.4 Å². The highest BCUT2D eigenvalue weighted by molar-refractivity contribution is 7.09. The largest absolute Gasteiger partial charge is 0.484 e. The monoisotopic (exact) mass is 335 g/mol. The first kappa shape index (κ1) is 16.6. The first-order valence-corrected chi connectivity index (χ1v) is 7.48. The van der Waals surface area contributed by atoms with E-state index >= 15 is 0 Å². The number of hydrogen-bond acceptors (Lipinski definition) is 5. The summed E-state index contributed by atoms with van der Waals surface area (Å²) in [4.78, 5) is 27.2. The van der Waals surface area contributed by atoms with E-state index in [2.05, 4.69) is 15.8 Å². The van der Waals surface area contributed by atoms with Crippen molar-refractivity contribution in [3.63, 3.8) is 0 Å². The van der Waals surface area contributed by atoms with Gasteiger partial charge in [0.05, 0.1) is 10.7 Å². The summed E-state index contributed by atoms with van der Waals surface area (Å²) < 4.78 is 17.8. The van der Waals surface area contributed by atoms with Crippen LogP contribution in [0.25, 0.3) is 6.08 Å². The van der Waals surface area contributed by atoms with Crippen molar-refractivity contribution in [2.45, 2.75) is 6.92 Å². The molecule has 0 spiro atoms. The highest BCUT2D eigenvalue weighted by Crippen LogP contribution is 2.10. The van der Waals surface area contributed by atoms with Crippen LogP contribution < -0.4 is 15.6 Å². The normalized spacial score (nSPS) is 10.5. The van der Waals surface area contributed by atoms with Gasteiger partial charge in [0.15, 0.2) is 6.61 Å². The van der Waals surface area contributed by atoms with Crippen LogP contribution in [0, 0.1) is 12.7 Å². The van der Waals surface area contributed by atoms with Crippen molar-refractivity contribution >= 4 is 29.2 Å². The number of rotatable bonds is 5. The van der Waals surface area contributed by atoms with Crippen LogP contribution in [0.5, 0.6) is 5.75 Å². The van der Waals surface area contributed by atoms with E-state index in [1.54, 1.807) is 6.08 Å². The lowest BCUT2D eigenvalue weighted by molar-refractivity contribution is -0.128. The minimum atomic E-state index is -0.541.